The van der Waals surface area contributed by atoms with E-state index in [1.807, 2.05) is 35.9 Å². The maximum absolute atomic E-state index is 12.8. The minimum atomic E-state index is -0.309. The van der Waals surface area contributed by atoms with E-state index in [1.165, 1.54) is 12.1 Å². The SMILES string of the molecule is Cc1cn2cccc(NC(=O)Cc3ccc(F)cc3)c2n1. The Morgan fingerprint density at radius 1 is 1.29 bits per heavy atom. The second-order valence-corrected chi connectivity index (χ2v) is 4.89. The van der Waals surface area contributed by atoms with Crippen LogP contribution in [0, 0.1) is 12.7 Å². The van der Waals surface area contributed by atoms with Gasteiger partial charge in [-0.2, -0.15) is 0 Å². The van der Waals surface area contributed by atoms with Gasteiger partial charge < -0.3 is 9.72 Å². The van der Waals surface area contributed by atoms with Gasteiger partial charge in [0, 0.05) is 12.4 Å². The van der Waals surface area contributed by atoms with Gasteiger partial charge in [-0.3, -0.25) is 4.79 Å². The summed E-state index contributed by atoms with van der Waals surface area (Å²) in [5.74, 6) is -0.466. The van der Waals surface area contributed by atoms with E-state index in [0.29, 0.717) is 11.3 Å². The summed E-state index contributed by atoms with van der Waals surface area (Å²) in [6, 6.07) is 9.57. The number of benzene rings is 1. The molecule has 0 fully saturated rings. The molecule has 0 saturated carbocycles. The molecule has 106 valence electrons. The number of halogens is 1. The summed E-state index contributed by atoms with van der Waals surface area (Å²) in [5.41, 5.74) is 3.02. The van der Waals surface area contributed by atoms with Crippen LogP contribution in [0.15, 0.2) is 48.8 Å². The van der Waals surface area contributed by atoms with E-state index >= 15 is 0 Å². The molecule has 0 unspecified atom stereocenters. The molecule has 0 bridgehead atoms. The van der Waals surface area contributed by atoms with Crippen molar-refractivity contribution < 1.29 is 9.18 Å². The number of hydrogen-bond donors (Lipinski definition) is 1. The molecule has 4 nitrogen and oxygen atoms in total. The second kappa shape index (κ2) is 5.36. The number of rotatable bonds is 3. The van der Waals surface area contributed by atoms with Gasteiger partial charge in [0.1, 0.15) is 5.82 Å². The molecular formula is C16H14FN3O. The molecule has 0 radical (unpaired) electrons. The Bertz CT molecular complexity index is 793. The predicted octanol–water partition coefficient (Wildman–Crippen LogP) is 2.96. The van der Waals surface area contributed by atoms with Crippen molar-refractivity contribution in [2.45, 2.75) is 13.3 Å². The van der Waals surface area contributed by atoms with Crippen molar-refractivity contribution in [3.05, 3.63) is 65.9 Å². The van der Waals surface area contributed by atoms with Crippen molar-refractivity contribution in [3.63, 3.8) is 0 Å². The molecule has 3 rings (SSSR count). The number of imidazole rings is 1. The van der Waals surface area contributed by atoms with Gasteiger partial charge in [0.15, 0.2) is 5.65 Å². The van der Waals surface area contributed by atoms with E-state index in [1.54, 1.807) is 12.1 Å². The van der Waals surface area contributed by atoms with Crippen LogP contribution < -0.4 is 5.32 Å². The number of hydrogen-bond acceptors (Lipinski definition) is 2. The molecule has 0 aliphatic carbocycles. The van der Waals surface area contributed by atoms with Crippen LogP contribution in [0.1, 0.15) is 11.3 Å². The Morgan fingerprint density at radius 2 is 2.05 bits per heavy atom. The molecule has 0 aliphatic heterocycles. The van der Waals surface area contributed by atoms with Crippen molar-refractivity contribution in [1.29, 1.82) is 0 Å². The molecule has 0 aliphatic rings. The molecule has 2 aromatic heterocycles. The maximum atomic E-state index is 12.8. The smallest absolute Gasteiger partial charge is 0.228 e. The minimum absolute atomic E-state index is 0.157. The highest BCUT2D eigenvalue weighted by molar-refractivity contribution is 5.95. The summed E-state index contributed by atoms with van der Waals surface area (Å²) < 4.78 is 14.7. The van der Waals surface area contributed by atoms with Crippen molar-refractivity contribution in [1.82, 2.24) is 9.38 Å². The van der Waals surface area contributed by atoms with Gasteiger partial charge in [0.05, 0.1) is 17.8 Å². The molecule has 21 heavy (non-hydrogen) atoms. The highest BCUT2D eigenvalue weighted by Gasteiger charge is 2.09. The average Bonchev–Trinajstić information content (AvgIpc) is 2.83. The lowest BCUT2D eigenvalue weighted by molar-refractivity contribution is -0.115. The minimum Gasteiger partial charge on any atom is -0.323 e. The lowest BCUT2D eigenvalue weighted by Crippen LogP contribution is -2.15. The highest BCUT2D eigenvalue weighted by Crippen LogP contribution is 2.16. The molecule has 1 amide bonds. The van der Waals surface area contributed by atoms with E-state index in [-0.39, 0.29) is 18.1 Å². The fourth-order valence-electron chi connectivity index (χ4n) is 2.22. The number of nitrogens with one attached hydrogen (secondary N) is 1. The van der Waals surface area contributed by atoms with E-state index in [9.17, 15) is 9.18 Å². The van der Waals surface area contributed by atoms with Crippen molar-refractivity contribution in [2.75, 3.05) is 5.32 Å². The monoisotopic (exact) mass is 283 g/mol. The molecule has 2 heterocycles. The van der Waals surface area contributed by atoms with Crippen molar-refractivity contribution in [3.8, 4) is 0 Å². The molecule has 0 saturated heterocycles. The number of amides is 1. The molecule has 5 heteroatoms. The first-order chi connectivity index (χ1) is 10.1. The normalized spacial score (nSPS) is 10.8. The van der Waals surface area contributed by atoms with Gasteiger partial charge >= 0.3 is 0 Å². The first kappa shape index (κ1) is 13.3. The van der Waals surface area contributed by atoms with E-state index < -0.39 is 0 Å². The zero-order valence-electron chi connectivity index (χ0n) is 11.5. The lowest BCUT2D eigenvalue weighted by Gasteiger charge is -2.06. The lowest BCUT2D eigenvalue weighted by atomic mass is 10.1. The Labute approximate surface area is 121 Å². The predicted molar refractivity (Wildman–Crippen MR) is 78.7 cm³/mol. The van der Waals surface area contributed by atoms with Crippen LogP contribution in [-0.2, 0) is 11.2 Å². The number of anilines is 1. The third kappa shape index (κ3) is 2.91. The van der Waals surface area contributed by atoms with Crippen LogP contribution in [0.25, 0.3) is 5.65 Å². The molecule has 3 aromatic rings. The molecule has 1 N–H and O–H groups in total. The summed E-state index contributed by atoms with van der Waals surface area (Å²) in [4.78, 5) is 16.5. The Balaban J connectivity index is 1.78. The number of nitrogens with zero attached hydrogens (tertiary/aromatic N) is 2. The van der Waals surface area contributed by atoms with E-state index in [4.69, 9.17) is 0 Å². The van der Waals surface area contributed by atoms with Gasteiger partial charge in [-0.15, -0.1) is 0 Å². The van der Waals surface area contributed by atoms with Crippen molar-refractivity contribution in [2.24, 2.45) is 0 Å². The van der Waals surface area contributed by atoms with Crippen LogP contribution >= 0.6 is 0 Å². The van der Waals surface area contributed by atoms with Crippen LogP contribution in [0.5, 0.6) is 0 Å². The summed E-state index contributed by atoms with van der Waals surface area (Å²) in [6.07, 6.45) is 3.97. The van der Waals surface area contributed by atoms with Crippen molar-refractivity contribution >= 4 is 17.2 Å². The van der Waals surface area contributed by atoms with Gasteiger partial charge in [-0.05, 0) is 36.8 Å². The van der Waals surface area contributed by atoms with Crippen LogP contribution in [0.4, 0.5) is 10.1 Å². The average molecular weight is 283 g/mol. The van der Waals surface area contributed by atoms with Gasteiger partial charge in [0.2, 0.25) is 5.91 Å². The second-order valence-electron chi connectivity index (χ2n) is 4.89. The molecule has 0 spiro atoms. The Kier molecular flexibility index (Phi) is 3.39. The zero-order valence-corrected chi connectivity index (χ0v) is 11.5. The van der Waals surface area contributed by atoms with Crippen LogP contribution in [0.2, 0.25) is 0 Å². The number of pyridine rings is 1. The number of carbonyl (C=O) groups is 1. The Morgan fingerprint density at radius 3 is 2.81 bits per heavy atom. The zero-order chi connectivity index (χ0) is 14.8. The summed E-state index contributed by atoms with van der Waals surface area (Å²) in [7, 11) is 0. The fraction of sp³-hybridized carbons (Fsp3) is 0.125. The van der Waals surface area contributed by atoms with Gasteiger partial charge in [-0.25, -0.2) is 9.37 Å². The third-order valence-electron chi connectivity index (χ3n) is 3.16. The topological polar surface area (TPSA) is 46.4 Å². The highest BCUT2D eigenvalue weighted by atomic mass is 19.1. The van der Waals surface area contributed by atoms with Gasteiger partial charge in [-0.1, -0.05) is 12.1 Å². The standard InChI is InChI=1S/C16H14FN3O/c1-11-10-20-8-2-3-14(16(20)18-11)19-15(21)9-12-4-6-13(17)7-5-12/h2-8,10H,9H2,1H3,(H,19,21). The quantitative estimate of drug-likeness (QED) is 0.803. The number of aromatic nitrogens is 2. The third-order valence-corrected chi connectivity index (χ3v) is 3.16. The van der Waals surface area contributed by atoms with E-state index in [0.717, 1.165) is 11.3 Å². The fourth-order valence-corrected chi connectivity index (χ4v) is 2.22. The molecule has 0 atom stereocenters. The molecule has 1 aromatic carbocycles. The first-order valence-corrected chi connectivity index (χ1v) is 6.60. The number of carbonyl (C=O) groups excluding carboxylic acids is 1. The summed E-state index contributed by atoms with van der Waals surface area (Å²) in [6.45, 7) is 1.90. The summed E-state index contributed by atoms with van der Waals surface area (Å²) in [5, 5.41) is 2.85. The summed E-state index contributed by atoms with van der Waals surface area (Å²) >= 11 is 0. The molecular weight excluding hydrogens is 269 g/mol. The largest absolute Gasteiger partial charge is 0.323 e. The first-order valence-electron chi connectivity index (χ1n) is 6.60. The maximum Gasteiger partial charge on any atom is 0.228 e. The van der Waals surface area contributed by atoms with Gasteiger partial charge in [0.25, 0.3) is 0 Å². The van der Waals surface area contributed by atoms with E-state index in [2.05, 4.69) is 10.3 Å². The number of aryl methyl sites for hydroxylation is 1. The Hall–Kier alpha value is -2.69. The van der Waals surface area contributed by atoms with Crippen LogP contribution in [-0.4, -0.2) is 15.3 Å². The number of fused-ring (bicyclic) bond motifs is 1. The van der Waals surface area contributed by atoms with Crippen LogP contribution in [0.3, 0.4) is 0 Å².